The lowest BCUT2D eigenvalue weighted by atomic mass is 10.1. The van der Waals surface area contributed by atoms with E-state index >= 15 is 0 Å². The number of nitrogens with zero attached hydrogens (tertiary/aromatic N) is 3. The van der Waals surface area contributed by atoms with Crippen LogP contribution in [-0.2, 0) is 11.2 Å². The maximum Gasteiger partial charge on any atom is 0.255 e. The topological polar surface area (TPSA) is 58.8 Å². The summed E-state index contributed by atoms with van der Waals surface area (Å²) in [5, 5.41) is 1.08. The summed E-state index contributed by atoms with van der Waals surface area (Å²) >= 11 is 0. The van der Waals surface area contributed by atoms with Gasteiger partial charge in [-0.2, -0.15) is 0 Å². The normalized spacial score (nSPS) is 14.6. The minimum atomic E-state index is 0.0143. The first kappa shape index (κ1) is 20.6. The summed E-state index contributed by atoms with van der Waals surface area (Å²) in [6.45, 7) is 9.93. The van der Waals surface area contributed by atoms with Gasteiger partial charge in [-0.3, -0.25) is 9.78 Å². The summed E-state index contributed by atoms with van der Waals surface area (Å²) in [7, 11) is 0. The highest BCUT2D eigenvalue weighted by Gasteiger charge is 2.19. The van der Waals surface area contributed by atoms with Gasteiger partial charge in [0.2, 0.25) is 0 Å². The predicted octanol–water partition coefficient (Wildman–Crippen LogP) is 3.85. The van der Waals surface area contributed by atoms with Crippen LogP contribution in [0.2, 0.25) is 0 Å². The Balaban J connectivity index is 1.48. The second kappa shape index (κ2) is 9.41. The van der Waals surface area contributed by atoms with Gasteiger partial charge in [-0.25, -0.2) is 0 Å². The highest BCUT2D eigenvalue weighted by atomic mass is 16.5. The number of fused-ring (bicyclic) bond motifs is 1. The van der Waals surface area contributed by atoms with Gasteiger partial charge in [-0.15, -0.1) is 0 Å². The number of morpholine rings is 1. The zero-order chi connectivity index (χ0) is 20.9. The number of aromatic nitrogens is 1. The molecule has 0 aliphatic carbocycles. The first-order valence-corrected chi connectivity index (χ1v) is 10.8. The van der Waals surface area contributed by atoms with E-state index in [9.17, 15) is 4.79 Å². The molecule has 1 amide bonds. The highest BCUT2D eigenvalue weighted by Crippen LogP contribution is 2.26. The van der Waals surface area contributed by atoms with Crippen molar-refractivity contribution in [1.82, 2.24) is 14.8 Å². The number of hydrogen-bond acceptors (Lipinski definition) is 5. The molecule has 1 fully saturated rings. The summed E-state index contributed by atoms with van der Waals surface area (Å²) < 4.78 is 11.3. The molecule has 0 N–H and O–H groups in total. The van der Waals surface area contributed by atoms with E-state index in [0.29, 0.717) is 31.9 Å². The molecule has 6 nitrogen and oxygen atoms in total. The second-order valence-corrected chi connectivity index (χ2v) is 7.58. The molecule has 1 aromatic carbocycles. The van der Waals surface area contributed by atoms with Crippen LogP contribution >= 0.6 is 0 Å². The molecule has 1 aliphatic heterocycles. The Morgan fingerprint density at radius 3 is 2.60 bits per heavy atom. The van der Waals surface area contributed by atoms with E-state index in [4.69, 9.17) is 9.15 Å². The van der Waals surface area contributed by atoms with Crippen LogP contribution in [0.4, 0.5) is 0 Å². The monoisotopic (exact) mass is 407 g/mol. The van der Waals surface area contributed by atoms with E-state index < -0.39 is 0 Å². The van der Waals surface area contributed by atoms with Crippen LogP contribution in [0.3, 0.4) is 0 Å². The molecule has 3 aromatic rings. The number of carbonyl (C=O) groups excluding carboxylic acids is 1. The third-order valence-electron chi connectivity index (χ3n) is 5.74. The van der Waals surface area contributed by atoms with Crippen LogP contribution in [0.1, 0.15) is 30.0 Å². The third-order valence-corrected chi connectivity index (χ3v) is 5.74. The summed E-state index contributed by atoms with van der Waals surface area (Å²) in [4.78, 5) is 21.3. The van der Waals surface area contributed by atoms with Gasteiger partial charge in [0.15, 0.2) is 0 Å². The molecule has 6 heteroatoms. The van der Waals surface area contributed by atoms with Crippen molar-refractivity contribution in [3.63, 3.8) is 0 Å². The molecular formula is C24H29N3O3. The quantitative estimate of drug-likeness (QED) is 0.595. The van der Waals surface area contributed by atoms with E-state index in [-0.39, 0.29) is 5.91 Å². The van der Waals surface area contributed by atoms with Gasteiger partial charge in [-0.1, -0.05) is 13.8 Å². The molecule has 1 saturated heterocycles. The Hall–Kier alpha value is -2.70. The molecule has 1 aliphatic rings. The van der Waals surface area contributed by atoms with Gasteiger partial charge in [0, 0.05) is 43.2 Å². The number of ether oxygens (including phenoxy) is 1. The fraction of sp³-hybridized carbons (Fsp3) is 0.417. The van der Waals surface area contributed by atoms with Crippen molar-refractivity contribution < 1.29 is 13.9 Å². The Labute approximate surface area is 177 Å². The fourth-order valence-corrected chi connectivity index (χ4v) is 3.83. The SMILES string of the molecule is CCN(CC)CCc1cc2cc(-c3ccc(C(=O)N4CCOCC4)cn3)ccc2o1. The molecule has 30 heavy (non-hydrogen) atoms. The summed E-state index contributed by atoms with van der Waals surface area (Å²) in [6, 6.07) is 12.0. The largest absolute Gasteiger partial charge is 0.461 e. The molecule has 0 unspecified atom stereocenters. The fourth-order valence-electron chi connectivity index (χ4n) is 3.83. The van der Waals surface area contributed by atoms with Gasteiger partial charge in [0.05, 0.1) is 24.5 Å². The number of carbonyl (C=O) groups is 1. The molecule has 0 radical (unpaired) electrons. The number of hydrogen-bond donors (Lipinski definition) is 0. The Bertz CT molecular complexity index is 987. The Morgan fingerprint density at radius 2 is 1.90 bits per heavy atom. The Morgan fingerprint density at radius 1 is 1.10 bits per heavy atom. The number of rotatable bonds is 7. The summed E-state index contributed by atoms with van der Waals surface area (Å²) in [5.41, 5.74) is 3.38. The van der Waals surface area contributed by atoms with Crippen LogP contribution in [0.25, 0.3) is 22.2 Å². The van der Waals surface area contributed by atoms with Gasteiger partial charge in [0.25, 0.3) is 5.91 Å². The second-order valence-electron chi connectivity index (χ2n) is 7.58. The lowest BCUT2D eigenvalue weighted by Crippen LogP contribution is -2.40. The number of pyridine rings is 1. The lowest BCUT2D eigenvalue weighted by Gasteiger charge is -2.26. The smallest absolute Gasteiger partial charge is 0.255 e. The van der Waals surface area contributed by atoms with E-state index in [1.54, 1.807) is 6.20 Å². The van der Waals surface area contributed by atoms with Gasteiger partial charge in [-0.05, 0) is 49.5 Å². The molecule has 158 valence electrons. The molecule has 2 aromatic heterocycles. The van der Waals surface area contributed by atoms with E-state index in [1.807, 2.05) is 29.2 Å². The van der Waals surface area contributed by atoms with Crippen LogP contribution in [-0.4, -0.2) is 66.6 Å². The molecule has 0 saturated carbocycles. The first-order chi connectivity index (χ1) is 14.7. The number of furan rings is 1. The minimum Gasteiger partial charge on any atom is -0.461 e. The maximum absolute atomic E-state index is 12.6. The zero-order valence-electron chi connectivity index (χ0n) is 17.8. The summed E-state index contributed by atoms with van der Waals surface area (Å²) in [5.74, 6) is 1.02. The molecule has 4 rings (SSSR count). The van der Waals surface area contributed by atoms with Crippen molar-refractivity contribution in [3.8, 4) is 11.3 Å². The van der Waals surface area contributed by atoms with Crippen molar-refractivity contribution in [2.45, 2.75) is 20.3 Å². The van der Waals surface area contributed by atoms with Gasteiger partial charge in [0.1, 0.15) is 11.3 Å². The molecule has 0 spiro atoms. The first-order valence-electron chi connectivity index (χ1n) is 10.8. The number of likely N-dealkylation sites (N-methyl/N-ethyl adjacent to an activating group) is 1. The van der Waals surface area contributed by atoms with Crippen LogP contribution in [0.5, 0.6) is 0 Å². The van der Waals surface area contributed by atoms with Gasteiger partial charge < -0.3 is 19.0 Å². The Kier molecular flexibility index (Phi) is 6.45. The van der Waals surface area contributed by atoms with E-state index in [2.05, 4.69) is 35.9 Å². The average molecular weight is 408 g/mol. The lowest BCUT2D eigenvalue weighted by molar-refractivity contribution is 0.0302. The van der Waals surface area contributed by atoms with Crippen LogP contribution < -0.4 is 0 Å². The van der Waals surface area contributed by atoms with Crippen LogP contribution in [0, 0.1) is 0 Å². The highest BCUT2D eigenvalue weighted by molar-refractivity contribution is 5.94. The van der Waals surface area contributed by atoms with Crippen molar-refractivity contribution in [2.24, 2.45) is 0 Å². The third kappa shape index (κ3) is 4.55. The van der Waals surface area contributed by atoms with E-state index in [0.717, 1.165) is 54.0 Å². The van der Waals surface area contributed by atoms with Crippen molar-refractivity contribution >= 4 is 16.9 Å². The van der Waals surface area contributed by atoms with Crippen molar-refractivity contribution in [3.05, 3.63) is 53.9 Å². The molecule has 0 bridgehead atoms. The number of benzene rings is 1. The standard InChI is InChI=1S/C24H29N3O3/c1-3-26(4-2)10-9-21-16-20-15-18(6-8-23(20)30-21)22-7-5-19(17-25-22)24(28)27-11-13-29-14-12-27/h5-8,15-17H,3-4,9-14H2,1-2H3. The van der Waals surface area contributed by atoms with Crippen molar-refractivity contribution in [2.75, 3.05) is 45.9 Å². The number of amides is 1. The summed E-state index contributed by atoms with van der Waals surface area (Å²) in [6.07, 6.45) is 2.57. The predicted molar refractivity (Wildman–Crippen MR) is 118 cm³/mol. The minimum absolute atomic E-state index is 0.0143. The average Bonchev–Trinajstić information content (AvgIpc) is 3.22. The molecule has 3 heterocycles. The van der Waals surface area contributed by atoms with Gasteiger partial charge >= 0.3 is 0 Å². The van der Waals surface area contributed by atoms with Crippen LogP contribution in [0.15, 0.2) is 47.0 Å². The maximum atomic E-state index is 12.6. The zero-order valence-corrected chi connectivity index (χ0v) is 17.8. The molecule has 0 atom stereocenters. The molecular weight excluding hydrogens is 378 g/mol. The van der Waals surface area contributed by atoms with Crippen molar-refractivity contribution in [1.29, 1.82) is 0 Å². The van der Waals surface area contributed by atoms with E-state index in [1.165, 1.54) is 0 Å².